The van der Waals surface area contributed by atoms with Gasteiger partial charge in [0, 0.05) is 6.54 Å². The van der Waals surface area contributed by atoms with E-state index in [1.807, 2.05) is 26.0 Å². The lowest BCUT2D eigenvalue weighted by atomic mass is 10.2. The Balaban J connectivity index is 2.88. The molecule has 0 saturated heterocycles. The SMILES string of the molecule is CC(C)=CCNc1ccc(C#N)c(Br)c1F. The van der Waals surface area contributed by atoms with Gasteiger partial charge in [-0.05, 0) is 41.9 Å². The van der Waals surface area contributed by atoms with Crippen LogP contribution in [0.3, 0.4) is 0 Å². The van der Waals surface area contributed by atoms with E-state index in [1.54, 1.807) is 12.1 Å². The molecule has 0 atom stereocenters. The zero-order chi connectivity index (χ0) is 12.1. The lowest BCUT2D eigenvalue weighted by molar-refractivity contribution is 0.623. The Hall–Kier alpha value is -1.34. The molecule has 0 aliphatic carbocycles. The van der Waals surface area contributed by atoms with E-state index in [0.29, 0.717) is 17.8 Å². The van der Waals surface area contributed by atoms with E-state index >= 15 is 0 Å². The first-order valence-electron chi connectivity index (χ1n) is 4.81. The van der Waals surface area contributed by atoms with E-state index in [-0.39, 0.29) is 4.47 Å². The average Bonchev–Trinajstić information content (AvgIpc) is 2.24. The molecule has 0 bridgehead atoms. The van der Waals surface area contributed by atoms with Gasteiger partial charge in [-0.15, -0.1) is 0 Å². The van der Waals surface area contributed by atoms with Gasteiger partial charge in [0.05, 0.1) is 15.7 Å². The van der Waals surface area contributed by atoms with Crippen LogP contribution in [0.5, 0.6) is 0 Å². The molecule has 0 aliphatic rings. The molecule has 0 aliphatic heterocycles. The van der Waals surface area contributed by atoms with Crippen molar-refractivity contribution in [3.63, 3.8) is 0 Å². The summed E-state index contributed by atoms with van der Waals surface area (Å²) >= 11 is 3.06. The molecule has 84 valence electrons. The zero-order valence-corrected chi connectivity index (χ0v) is 10.7. The fourth-order valence-corrected chi connectivity index (χ4v) is 1.57. The van der Waals surface area contributed by atoms with E-state index < -0.39 is 5.82 Å². The number of anilines is 1. The van der Waals surface area contributed by atoms with E-state index in [0.717, 1.165) is 0 Å². The van der Waals surface area contributed by atoms with Gasteiger partial charge < -0.3 is 5.32 Å². The second-order valence-corrected chi connectivity index (χ2v) is 4.36. The summed E-state index contributed by atoms with van der Waals surface area (Å²) in [6, 6.07) is 5.06. The summed E-state index contributed by atoms with van der Waals surface area (Å²) in [5.41, 5.74) is 1.86. The van der Waals surface area contributed by atoms with Gasteiger partial charge in [0.15, 0.2) is 5.82 Å². The maximum atomic E-state index is 13.7. The minimum atomic E-state index is -0.429. The molecule has 16 heavy (non-hydrogen) atoms. The molecule has 1 aromatic rings. The Bertz CT molecular complexity index is 457. The van der Waals surface area contributed by atoms with Crippen LogP contribution in [-0.4, -0.2) is 6.54 Å². The van der Waals surface area contributed by atoms with Gasteiger partial charge in [0.1, 0.15) is 6.07 Å². The molecule has 0 aromatic heterocycles. The number of hydrogen-bond acceptors (Lipinski definition) is 2. The second-order valence-electron chi connectivity index (χ2n) is 3.56. The maximum Gasteiger partial charge on any atom is 0.161 e. The second kappa shape index (κ2) is 5.66. The van der Waals surface area contributed by atoms with Gasteiger partial charge in [-0.2, -0.15) is 5.26 Å². The number of nitriles is 1. The van der Waals surface area contributed by atoms with Crippen molar-refractivity contribution in [3.8, 4) is 6.07 Å². The molecular formula is C12H12BrFN2. The lowest BCUT2D eigenvalue weighted by Crippen LogP contribution is -2.02. The first-order valence-corrected chi connectivity index (χ1v) is 5.61. The molecule has 0 spiro atoms. The third-order valence-corrected chi connectivity index (χ3v) is 2.78. The van der Waals surface area contributed by atoms with Crippen LogP contribution in [0.25, 0.3) is 0 Å². The highest BCUT2D eigenvalue weighted by molar-refractivity contribution is 9.10. The molecule has 0 unspecified atom stereocenters. The summed E-state index contributed by atoms with van der Waals surface area (Å²) < 4.78 is 13.9. The highest BCUT2D eigenvalue weighted by Gasteiger charge is 2.09. The van der Waals surface area contributed by atoms with Crippen molar-refractivity contribution in [1.29, 1.82) is 5.26 Å². The van der Waals surface area contributed by atoms with Crippen molar-refractivity contribution >= 4 is 21.6 Å². The number of benzene rings is 1. The number of nitrogens with one attached hydrogen (secondary N) is 1. The van der Waals surface area contributed by atoms with Gasteiger partial charge in [0.25, 0.3) is 0 Å². The minimum absolute atomic E-state index is 0.206. The average molecular weight is 283 g/mol. The third-order valence-electron chi connectivity index (χ3n) is 2.01. The highest BCUT2D eigenvalue weighted by atomic mass is 79.9. The monoisotopic (exact) mass is 282 g/mol. The largest absolute Gasteiger partial charge is 0.379 e. The lowest BCUT2D eigenvalue weighted by Gasteiger charge is -2.07. The van der Waals surface area contributed by atoms with Crippen molar-refractivity contribution in [1.82, 2.24) is 0 Å². The highest BCUT2D eigenvalue weighted by Crippen LogP contribution is 2.26. The Kier molecular flexibility index (Phi) is 4.51. The van der Waals surface area contributed by atoms with Crippen molar-refractivity contribution in [2.45, 2.75) is 13.8 Å². The number of hydrogen-bond donors (Lipinski definition) is 1. The van der Waals surface area contributed by atoms with Gasteiger partial charge >= 0.3 is 0 Å². The number of nitrogens with zero attached hydrogens (tertiary/aromatic N) is 1. The minimum Gasteiger partial charge on any atom is -0.379 e. The molecule has 0 amide bonds. The number of rotatable bonds is 3. The molecule has 1 rings (SSSR count). The van der Waals surface area contributed by atoms with Gasteiger partial charge in [-0.3, -0.25) is 0 Å². The summed E-state index contributed by atoms with van der Waals surface area (Å²) in [6.07, 6.45) is 1.96. The van der Waals surface area contributed by atoms with Gasteiger partial charge in [-0.1, -0.05) is 11.6 Å². The molecular weight excluding hydrogens is 271 g/mol. The van der Waals surface area contributed by atoms with Crippen LogP contribution in [0.2, 0.25) is 0 Å². The maximum absolute atomic E-state index is 13.7. The summed E-state index contributed by atoms with van der Waals surface area (Å²) in [4.78, 5) is 0. The predicted octanol–water partition coefficient (Wildman–Crippen LogP) is 3.84. The number of allylic oxidation sites excluding steroid dienone is 1. The van der Waals surface area contributed by atoms with Crippen molar-refractivity contribution in [3.05, 3.63) is 39.6 Å². The fraction of sp³-hybridized carbons (Fsp3) is 0.250. The van der Waals surface area contributed by atoms with E-state index in [4.69, 9.17) is 5.26 Å². The van der Waals surface area contributed by atoms with Gasteiger partial charge in [-0.25, -0.2) is 4.39 Å². The molecule has 1 N–H and O–H groups in total. The molecule has 4 heteroatoms. The van der Waals surface area contributed by atoms with Crippen LogP contribution in [0.15, 0.2) is 28.3 Å². The van der Waals surface area contributed by atoms with E-state index in [9.17, 15) is 4.39 Å². The fourth-order valence-electron chi connectivity index (χ4n) is 1.14. The summed E-state index contributed by atoms with van der Waals surface area (Å²) in [5.74, 6) is -0.429. The van der Waals surface area contributed by atoms with Crippen LogP contribution in [-0.2, 0) is 0 Å². The molecule has 2 nitrogen and oxygen atoms in total. The van der Waals surface area contributed by atoms with Crippen LogP contribution in [0.1, 0.15) is 19.4 Å². The molecule has 0 saturated carbocycles. The van der Waals surface area contributed by atoms with Crippen LogP contribution < -0.4 is 5.32 Å². The Labute approximate surface area is 103 Å². The van der Waals surface area contributed by atoms with Crippen molar-refractivity contribution < 1.29 is 4.39 Å². The smallest absolute Gasteiger partial charge is 0.161 e. The van der Waals surface area contributed by atoms with Crippen LogP contribution >= 0.6 is 15.9 Å². The topological polar surface area (TPSA) is 35.8 Å². The van der Waals surface area contributed by atoms with Crippen LogP contribution in [0.4, 0.5) is 10.1 Å². The summed E-state index contributed by atoms with van der Waals surface area (Å²) in [5, 5.41) is 11.7. The molecule has 0 radical (unpaired) electrons. The third kappa shape index (κ3) is 3.07. The molecule has 1 aromatic carbocycles. The standard InChI is InChI=1S/C12H12BrFN2/c1-8(2)5-6-16-10-4-3-9(7-15)11(13)12(10)14/h3-5,16H,6H2,1-2H3. The quantitative estimate of drug-likeness (QED) is 0.855. The van der Waals surface area contributed by atoms with Crippen molar-refractivity contribution in [2.75, 3.05) is 11.9 Å². The summed E-state index contributed by atoms with van der Waals surface area (Å²) in [6.45, 7) is 4.52. The Morgan fingerprint density at radius 1 is 1.56 bits per heavy atom. The molecule has 0 fully saturated rings. The Morgan fingerprint density at radius 3 is 2.81 bits per heavy atom. The summed E-state index contributed by atoms with van der Waals surface area (Å²) in [7, 11) is 0. The van der Waals surface area contributed by atoms with E-state index in [2.05, 4.69) is 21.2 Å². The van der Waals surface area contributed by atoms with Crippen molar-refractivity contribution in [2.24, 2.45) is 0 Å². The number of halogens is 2. The van der Waals surface area contributed by atoms with Crippen LogP contribution in [0, 0.1) is 17.1 Å². The zero-order valence-electron chi connectivity index (χ0n) is 9.14. The first kappa shape index (κ1) is 12.7. The van der Waals surface area contributed by atoms with Gasteiger partial charge in [0.2, 0.25) is 0 Å². The van der Waals surface area contributed by atoms with E-state index in [1.165, 1.54) is 5.57 Å². The normalized spacial score (nSPS) is 9.44. The first-order chi connectivity index (χ1) is 7.56. The Morgan fingerprint density at radius 2 is 2.25 bits per heavy atom. The predicted molar refractivity (Wildman–Crippen MR) is 66.7 cm³/mol. The molecule has 0 heterocycles.